The van der Waals surface area contributed by atoms with E-state index in [1.54, 1.807) is 4.90 Å². The maximum Gasteiger partial charge on any atom is 0.265 e. The van der Waals surface area contributed by atoms with Gasteiger partial charge in [-0.2, -0.15) is 0 Å². The fourth-order valence-electron chi connectivity index (χ4n) is 2.59. The van der Waals surface area contributed by atoms with Crippen LogP contribution in [-0.4, -0.2) is 5.91 Å². The van der Waals surface area contributed by atoms with Crippen LogP contribution in [0.2, 0.25) is 0 Å². The van der Waals surface area contributed by atoms with Crippen LogP contribution in [0.3, 0.4) is 0 Å². The van der Waals surface area contributed by atoms with E-state index in [2.05, 4.69) is 12.1 Å². The first-order valence-electron chi connectivity index (χ1n) is 6.27. The fourth-order valence-corrected chi connectivity index (χ4v) is 2.59. The molecular formula is C17H11NO. The number of benzene rings is 3. The topological polar surface area (TPSA) is 20.3 Å². The van der Waals surface area contributed by atoms with E-state index >= 15 is 0 Å². The predicted molar refractivity (Wildman–Crippen MR) is 76.9 cm³/mol. The maximum atomic E-state index is 12.2. The number of nitrogens with zero attached hydrogens (tertiary/aromatic N) is 1. The van der Waals surface area contributed by atoms with Crippen molar-refractivity contribution in [2.45, 2.75) is 0 Å². The number of hydrogen-bond donors (Lipinski definition) is 0. The summed E-state index contributed by atoms with van der Waals surface area (Å²) in [5, 5.41) is 2.27. The van der Waals surface area contributed by atoms with Crippen LogP contribution in [0.4, 0.5) is 11.4 Å². The Bertz CT molecular complexity index is 793. The molecule has 0 N–H and O–H groups in total. The predicted octanol–water partition coefficient (Wildman–Crippen LogP) is 4.13. The number of hydrogen-bond acceptors (Lipinski definition) is 1. The van der Waals surface area contributed by atoms with Gasteiger partial charge in [-0.25, -0.2) is 0 Å². The summed E-state index contributed by atoms with van der Waals surface area (Å²) in [5.74, 6) is 0.0759. The number of para-hydroxylation sites is 1. The van der Waals surface area contributed by atoms with Crippen molar-refractivity contribution in [2.24, 2.45) is 0 Å². The fraction of sp³-hybridized carbons (Fsp3) is 0. The molecule has 3 aromatic carbocycles. The van der Waals surface area contributed by atoms with Crippen LogP contribution in [0.15, 0.2) is 66.7 Å². The molecule has 0 spiro atoms. The molecule has 0 radical (unpaired) electrons. The molecular weight excluding hydrogens is 234 g/mol. The van der Waals surface area contributed by atoms with E-state index in [0.29, 0.717) is 0 Å². The monoisotopic (exact) mass is 245 g/mol. The molecule has 90 valence electrons. The minimum Gasteiger partial charge on any atom is -0.276 e. The quantitative estimate of drug-likeness (QED) is 0.631. The van der Waals surface area contributed by atoms with Gasteiger partial charge in [0.25, 0.3) is 5.91 Å². The van der Waals surface area contributed by atoms with Gasteiger partial charge in [0.1, 0.15) is 0 Å². The molecule has 1 aliphatic rings. The van der Waals surface area contributed by atoms with Crippen molar-refractivity contribution in [1.82, 2.24) is 0 Å². The zero-order valence-electron chi connectivity index (χ0n) is 10.2. The van der Waals surface area contributed by atoms with Crippen LogP contribution in [0, 0.1) is 0 Å². The molecule has 0 aromatic heterocycles. The zero-order chi connectivity index (χ0) is 12.8. The summed E-state index contributed by atoms with van der Waals surface area (Å²) in [6.07, 6.45) is 0. The van der Waals surface area contributed by atoms with Gasteiger partial charge >= 0.3 is 0 Å². The summed E-state index contributed by atoms with van der Waals surface area (Å²) in [4.78, 5) is 14.0. The number of carbonyl (C=O) groups excluding carboxylic acids is 1. The molecule has 1 heterocycles. The summed E-state index contributed by atoms with van der Waals surface area (Å²) in [6, 6.07) is 21.9. The first-order chi connectivity index (χ1) is 9.34. The molecule has 0 bridgehead atoms. The highest BCUT2D eigenvalue weighted by Crippen LogP contribution is 2.41. The number of rotatable bonds is 1. The number of anilines is 2. The lowest BCUT2D eigenvalue weighted by Crippen LogP contribution is -2.36. The SMILES string of the molecule is O=C1c2cc3ccccc3cc2N1c1ccccc1. The van der Waals surface area contributed by atoms with Crippen LogP contribution in [0.1, 0.15) is 10.4 Å². The van der Waals surface area contributed by atoms with Crippen LogP contribution < -0.4 is 4.90 Å². The molecule has 1 amide bonds. The highest BCUT2D eigenvalue weighted by atomic mass is 16.2. The molecule has 19 heavy (non-hydrogen) atoms. The molecule has 0 fully saturated rings. The lowest BCUT2D eigenvalue weighted by molar-refractivity contribution is 0.0981. The summed E-state index contributed by atoms with van der Waals surface area (Å²) in [6.45, 7) is 0. The molecule has 2 heteroatoms. The van der Waals surface area contributed by atoms with Crippen molar-refractivity contribution < 1.29 is 4.79 Å². The second-order valence-electron chi connectivity index (χ2n) is 4.69. The third kappa shape index (κ3) is 1.40. The Morgan fingerprint density at radius 3 is 2.11 bits per heavy atom. The summed E-state index contributed by atoms with van der Waals surface area (Å²) < 4.78 is 0. The van der Waals surface area contributed by atoms with E-state index in [1.165, 1.54) is 0 Å². The lowest BCUT2D eigenvalue weighted by Gasteiger charge is -2.34. The minimum absolute atomic E-state index is 0.0759. The average Bonchev–Trinajstić information content (AvgIpc) is 2.47. The molecule has 0 atom stereocenters. The van der Waals surface area contributed by atoms with Crippen molar-refractivity contribution in [3.8, 4) is 0 Å². The highest BCUT2D eigenvalue weighted by Gasteiger charge is 2.34. The summed E-state index contributed by atoms with van der Waals surface area (Å²) >= 11 is 0. The number of amides is 1. The van der Waals surface area contributed by atoms with Gasteiger partial charge in [-0.3, -0.25) is 9.69 Å². The molecule has 0 saturated carbocycles. The van der Waals surface area contributed by atoms with Gasteiger partial charge in [-0.15, -0.1) is 0 Å². The standard InChI is InChI=1S/C17H11NO/c19-17-15-10-12-6-4-5-7-13(12)11-16(15)18(17)14-8-2-1-3-9-14/h1-11H. The Morgan fingerprint density at radius 2 is 1.37 bits per heavy atom. The third-order valence-electron chi connectivity index (χ3n) is 3.55. The molecule has 0 unspecified atom stereocenters. The largest absolute Gasteiger partial charge is 0.276 e. The van der Waals surface area contributed by atoms with Gasteiger partial charge in [0.05, 0.1) is 11.3 Å². The van der Waals surface area contributed by atoms with Crippen LogP contribution in [0.25, 0.3) is 10.8 Å². The Hall–Kier alpha value is -2.61. The lowest BCUT2D eigenvalue weighted by atomic mass is 9.96. The third-order valence-corrected chi connectivity index (χ3v) is 3.55. The highest BCUT2D eigenvalue weighted by molar-refractivity contribution is 6.25. The molecule has 1 aliphatic heterocycles. The second-order valence-corrected chi connectivity index (χ2v) is 4.69. The van der Waals surface area contributed by atoms with Gasteiger partial charge in [0.2, 0.25) is 0 Å². The van der Waals surface area contributed by atoms with Crippen LogP contribution in [0.5, 0.6) is 0 Å². The minimum atomic E-state index is 0.0759. The van der Waals surface area contributed by atoms with E-state index in [4.69, 9.17) is 0 Å². The van der Waals surface area contributed by atoms with Crippen molar-refractivity contribution in [3.05, 3.63) is 72.3 Å². The van der Waals surface area contributed by atoms with Gasteiger partial charge in [-0.1, -0.05) is 42.5 Å². The van der Waals surface area contributed by atoms with Crippen molar-refractivity contribution in [1.29, 1.82) is 0 Å². The summed E-state index contributed by atoms with van der Waals surface area (Å²) in [7, 11) is 0. The van der Waals surface area contributed by atoms with Crippen molar-refractivity contribution in [3.63, 3.8) is 0 Å². The average molecular weight is 245 g/mol. The van der Waals surface area contributed by atoms with E-state index < -0.39 is 0 Å². The van der Waals surface area contributed by atoms with Gasteiger partial charge in [0.15, 0.2) is 0 Å². The van der Waals surface area contributed by atoms with E-state index in [0.717, 1.165) is 27.7 Å². The van der Waals surface area contributed by atoms with E-state index in [-0.39, 0.29) is 5.91 Å². The Morgan fingerprint density at radius 1 is 0.737 bits per heavy atom. The number of carbonyl (C=O) groups is 1. The Labute approximate surface area is 110 Å². The molecule has 3 aromatic rings. The van der Waals surface area contributed by atoms with Crippen LogP contribution in [-0.2, 0) is 0 Å². The van der Waals surface area contributed by atoms with Crippen LogP contribution >= 0.6 is 0 Å². The zero-order valence-corrected chi connectivity index (χ0v) is 10.2. The Kier molecular flexibility index (Phi) is 2.00. The maximum absolute atomic E-state index is 12.2. The molecule has 4 rings (SSSR count). The van der Waals surface area contributed by atoms with E-state index in [1.807, 2.05) is 54.6 Å². The summed E-state index contributed by atoms with van der Waals surface area (Å²) in [5.41, 5.74) is 2.73. The van der Waals surface area contributed by atoms with Gasteiger partial charge in [-0.05, 0) is 35.0 Å². The second kappa shape index (κ2) is 3.69. The molecule has 0 aliphatic carbocycles. The van der Waals surface area contributed by atoms with Gasteiger partial charge < -0.3 is 0 Å². The smallest absolute Gasteiger partial charge is 0.265 e. The normalized spacial score (nSPS) is 13.3. The first-order valence-corrected chi connectivity index (χ1v) is 6.27. The van der Waals surface area contributed by atoms with E-state index in [9.17, 15) is 4.79 Å². The van der Waals surface area contributed by atoms with Crippen molar-refractivity contribution in [2.75, 3.05) is 4.90 Å². The molecule has 0 saturated heterocycles. The van der Waals surface area contributed by atoms with Gasteiger partial charge in [0, 0.05) is 5.69 Å². The number of fused-ring (bicyclic) bond motifs is 2. The van der Waals surface area contributed by atoms with Crippen molar-refractivity contribution >= 4 is 28.1 Å². The first kappa shape index (κ1) is 10.3. The Balaban J connectivity index is 1.91. The molecule has 2 nitrogen and oxygen atoms in total.